The molecule has 3 heteroatoms. The molecular formula is C15H17BrO2. The number of carbonyl (C=O) groups is 1. The Bertz CT molecular complexity index is 492. The number of hydrogen-bond acceptors (Lipinski definition) is 2. The molecule has 0 aliphatic heterocycles. The number of halogens is 1. The second kappa shape index (κ2) is 5.70. The first-order valence-electron chi connectivity index (χ1n) is 6.31. The molecule has 2 nitrogen and oxygen atoms in total. The van der Waals surface area contributed by atoms with Crippen molar-refractivity contribution >= 4 is 27.5 Å². The van der Waals surface area contributed by atoms with Gasteiger partial charge < -0.3 is 4.74 Å². The minimum Gasteiger partial charge on any atom is -0.462 e. The van der Waals surface area contributed by atoms with Gasteiger partial charge in [-0.2, -0.15) is 0 Å². The van der Waals surface area contributed by atoms with E-state index in [0.29, 0.717) is 12.2 Å². The van der Waals surface area contributed by atoms with Gasteiger partial charge in [0, 0.05) is 4.47 Å². The molecule has 0 atom stereocenters. The summed E-state index contributed by atoms with van der Waals surface area (Å²) >= 11 is 3.60. The average Bonchev–Trinajstić information content (AvgIpc) is 2.38. The molecule has 0 bridgehead atoms. The molecule has 0 amide bonds. The fourth-order valence-corrected chi connectivity index (χ4v) is 3.02. The van der Waals surface area contributed by atoms with Crippen LogP contribution in [0.5, 0.6) is 0 Å². The predicted molar refractivity (Wildman–Crippen MR) is 76.5 cm³/mol. The van der Waals surface area contributed by atoms with Crippen LogP contribution in [0.3, 0.4) is 0 Å². The first-order valence-corrected chi connectivity index (χ1v) is 7.10. The van der Waals surface area contributed by atoms with Gasteiger partial charge >= 0.3 is 5.97 Å². The van der Waals surface area contributed by atoms with Gasteiger partial charge in [0.05, 0.1) is 12.2 Å². The molecule has 1 aliphatic rings. The number of hydrogen-bond donors (Lipinski definition) is 0. The van der Waals surface area contributed by atoms with Crippen LogP contribution in [0.2, 0.25) is 0 Å². The molecule has 0 heterocycles. The normalized spacial score (nSPS) is 13.9. The lowest BCUT2D eigenvalue weighted by Gasteiger charge is -2.19. The van der Waals surface area contributed by atoms with Crippen LogP contribution in [-0.2, 0) is 22.4 Å². The van der Waals surface area contributed by atoms with Gasteiger partial charge in [0.2, 0.25) is 0 Å². The van der Waals surface area contributed by atoms with E-state index >= 15 is 0 Å². The van der Waals surface area contributed by atoms with Crippen LogP contribution in [0.25, 0.3) is 5.57 Å². The minimum atomic E-state index is -0.333. The quantitative estimate of drug-likeness (QED) is 0.625. The third-order valence-corrected chi connectivity index (χ3v) is 3.99. The zero-order valence-electron chi connectivity index (χ0n) is 10.6. The van der Waals surface area contributed by atoms with Gasteiger partial charge in [-0.15, -0.1) is 0 Å². The molecule has 0 aromatic heterocycles. The van der Waals surface area contributed by atoms with Crippen molar-refractivity contribution in [1.82, 2.24) is 0 Å². The van der Waals surface area contributed by atoms with Crippen LogP contribution in [-0.4, -0.2) is 12.6 Å². The van der Waals surface area contributed by atoms with Crippen molar-refractivity contribution in [2.45, 2.75) is 32.6 Å². The Morgan fingerprint density at radius 3 is 2.83 bits per heavy atom. The Kier molecular flexibility index (Phi) is 4.23. The zero-order valence-corrected chi connectivity index (χ0v) is 12.2. The lowest BCUT2D eigenvalue weighted by atomic mass is 9.89. The Hall–Kier alpha value is -1.09. The topological polar surface area (TPSA) is 26.3 Å². The van der Waals surface area contributed by atoms with E-state index in [-0.39, 0.29) is 5.97 Å². The fourth-order valence-electron chi connectivity index (χ4n) is 2.32. The van der Waals surface area contributed by atoms with E-state index in [0.717, 1.165) is 22.9 Å². The Labute approximate surface area is 116 Å². The standard InChI is InChI=1S/C15H17BrO2/c1-3-18-15(17)10(2)12-8-11-6-4-5-7-13(11)14(16)9-12/h8-9H,2-7H2,1H3. The van der Waals surface area contributed by atoms with E-state index in [1.54, 1.807) is 6.92 Å². The van der Waals surface area contributed by atoms with Crippen molar-refractivity contribution in [2.75, 3.05) is 6.61 Å². The summed E-state index contributed by atoms with van der Waals surface area (Å²) in [6.45, 7) is 6.02. The highest BCUT2D eigenvalue weighted by Gasteiger charge is 2.17. The Morgan fingerprint density at radius 1 is 1.39 bits per heavy atom. The maximum absolute atomic E-state index is 11.7. The molecule has 2 rings (SSSR count). The summed E-state index contributed by atoms with van der Waals surface area (Å²) in [5, 5.41) is 0. The number of esters is 1. The largest absolute Gasteiger partial charge is 0.462 e. The number of rotatable bonds is 3. The molecule has 0 unspecified atom stereocenters. The molecule has 0 saturated carbocycles. The van der Waals surface area contributed by atoms with Crippen molar-refractivity contribution in [1.29, 1.82) is 0 Å². The van der Waals surface area contributed by atoms with Gasteiger partial charge in [0.1, 0.15) is 0 Å². The molecule has 0 radical (unpaired) electrons. The number of aryl methyl sites for hydroxylation is 1. The van der Waals surface area contributed by atoms with E-state index in [1.807, 2.05) is 6.07 Å². The summed E-state index contributed by atoms with van der Waals surface area (Å²) in [4.78, 5) is 11.7. The van der Waals surface area contributed by atoms with E-state index in [2.05, 4.69) is 28.6 Å². The molecule has 1 aromatic carbocycles. The summed E-state index contributed by atoms with van der Waals surface area (Å²) in [5.74, 6) is -0.333. The van der Waals surface area contributed by atoms with Crippen LogP contribution in [0.4, 0.5) is 0 Å². The maximum Gasteiger partial charge on any atom is 0.338 e. The minimum absolute atomic E-state index is 0.333. The van der Waals surface area contributed by atoms with Crippen LogP contribution >= 0.6 is 15.9 Å². The first kappa shape index (κ1) is 13.3. The van der Waals surface area contributed by atoms with Crippen LogP contribution < -0.4 is 0 Å². The number of benzene rings is 1. The molecular weight excluding hydrogens is 292 g/mol. The Morgan fingerprint density at radius 2 is 2.11 bits per heavy atom. The van der Waals surface area contributed by atoms with Crippen LogP contribution in [0.1, 0.15) is 36.5 Å². The van der Waals surface area contributed by atoms with E-state index in [1.165, 1.54) is 24.0 Å². The summed E-state index contributed by atoms with van der Waals surface area (Å²) < 4.78 is 6.07. The number of carbonyl (C=O) groups excluding carboxylic acids is 1. The fraction of sp³-hybridized carbons (Fsp3) is 0.400. The molecule has 0 saturated heterocycles. The molecule has 96 valence electrons. The van der Waals surface area contributed by atoms with Gasteiger partial charge in [-0.1, -0.05) is 28.6 Å². The van der Waals surface area contributed by atoms with E-state index < -0.39 is 0 Å². The van der Waals surface area contributed by atoms with Gasteiger partial charge in [0.15, 0.2) is 0 Å². The van der Waals surface area contributed by atoms with Crippen LogP contribution in [0, 0.1) is 0 Å². The SMILES string of the molecule is C=C(C(=O)OCC)c1cc(Br)c2c(c1)CCCC2. The average molecular weight is 309 g/mol. The van der Waals surface area contributed by atoms with E-state index in [4.69, 9.17) is 4.74 Å². The van der Waals surface area contributed by atoms with Crippen molar-refractivity contribution in [3.05, 3.63) is 39.9 Å². The van der Waals surface area contributed by atoms with Gasteiger partial charge in [-0.3, -0.25) is 0 Å². The second-order valence-corrected chi connectivity index (χ2v) is 5.36. The summed E-state index contributed by atoms with van der Waals surface area (Å²) in [5.41, 5.74) is 4.00. The molecule has 1 aliphatic carbocycles. The van der Waals surface area contributed by atoms with Crippen molar-refractivity contribution < 1.29 is 9.53 Å². The molecule has 0 spiro atoms. The smallest absolute Gasteiger partial charge is 0.338 e. The van der Waals surface area contributed by atoms with Crippen molar-refractivity contribution in [3.63, 3.8) is 0 Å². The molecule has 0 N–H and O–H groups in total. The number of fused-ring (bicyclic) bond motifs is 1. The second-order valence-electron chi connectivity index (χ2n) is 4.50. The van der Waals surface area contributed by atoms with Gasteiger partial charge in [-0.05, 0) is 55.4 Å². The summed E-state index contributed by atoms with van der Waals surface area (Å²) in [6.07, 6.45) is 4.65. The third-order valence-electron chi connectivity index (χ3n) is 3.28. The molecule has 1 aromatic rings. The monoisotopic (exact) mass is 308 g/mol. The Balaban J connectivity index is 2.32. The highest BCUT2D eigenvalue weighted by Crippen LogP contribution is 2.31. The molecule has 18 heavy (non-hydrogen) atoms. The van der Waals surface area contributed by atoms with Gasteiger partial charge in [-0.25, -0.2) is 4.79 Å². The van der Waals surface area contributed by atoms with Crippen molar-refractivity contribution in [3.8, 4) is 0 Å². The molecule has 0 fully saturated rings. The maximum atomic E-state index is 11.7. The lowest BCUT2D eigenvalue weighted by Crippen LogP contribution is -2.08. The summed E-state index contributed by atoms with van der Waals surface area (Å²) in [7, 11) is 0. The van der Waals surface area contributed by atoms with Crippen molar-refractivity contribution in [2.24, 2.45) is 0 Å². The lowest BCUT2D eigenvalue weighted by molar-refractivity contribution is -0.136. The third kappa shape index (κ3) is 2.66. The summed E-state index contributed by atoms with van der Waals surface area (Å²) in [6, 6.07) is 4.06. The highest BCUT2D eigenvalue weighted by atomic mass is 79.9. The highest BCUT2D eigenvalue weighted by molar-refractivity contribution is 9.10. The van der Waals surface area contributed by atoms with Gasteiger partial charge in [0.25, 0.3) is 0 Å². The van der Waals surface area contributed by atoms with E-state index in [9.17, 15) is 4.79 Å². The van der Waals surface area contributed by atoms with Crippen LogP contribution in [0.15, 0.2) is 23.2 Å². The predicted octanol–water partition coefficient (Wildman–Crippen LogP) is 3.90. The zero-order chi connectivity index (χ0) is 13.1. The number of ether oxygens (including phenoxy) is 1. The first-order chi connectivity index (χ1) is 8.63.